The third-order valence-corrected chi connectivity index (χ3v) is 5.42. The Morgan fingerprint density at radius 3 is 2.70 bits per heavy atom. The van der Waals surface area contributed by atoms with Crippen molar-refractivity contribution in [3.8, 4) is 0 Å². The van der Waals surface area contributed by atoms with E-state index >= 15 is 0 Å². The normalized spacial score (nSPS) is 13.2. The molecule has 0 radical (unpaired) electrons. The fourth-order valence-electron chi connectivity index (χ4n) is 3.76. The van der Waals surface area contributed by atoms with Crippen molar-refractivity contribution in [2.75, 3.05) is 6.54 Å². The van der Waals surface area contributed by atoms with Gasteiger partial charge in [-0.15, -0.1) is 0 Å². The number of halogens is 1. The second-order valence-electron chi connectivity index (χ2n) is 7.44. The number of ether oxygens (including phenoxy) is 1. The Morgan fingerprint density at radius 1 is 1.03 bits per heavy atom. The molecular formula is C24H24FN3O2. The molecule has 0 aliphatic carbocycles. The minimum Gasteiger partial charge on any atom is -0.372 e. The molecule has 0 N–H and O–H groups in total. The molecule has 5 nitrogen and oxygen atoms in total. The van der Waals surface area contributed by atoms with Crippen LogP contribution in [-0.2, 0) is 42.1 Å². The topological polar surface area (TPSA) is 55.3 Å². The highest BCUT2D eigenvalue weighted by Crippen LogP contribution is 2.23. The van der Waals surface area contributed by atoms with Gasteiger partial charge >= 0.3 is 0 Å². The van der Waals surface area contributed by atoms with Crippen LogP contribution in [0.4, 0.5) is 4.39 Å². The van der Waals surface area contributed by atoms with Gasteiger partial charge in [0.1, 0.15) is 5.82 Å². The lowest BCUT2D eigenvalue weighted by atomic mass is 9.97. The number of aromatic nitrogens is 2. The van der Waals surface area contributed by atoms with Crippen molar-refractivity contribution >= 4 is 5.91 Å². The molecule has 1 amide bonds. The van der Waals surface area contributed by atoms with Crippen LogP contribution in [0.15, 0.2) is 61.2 Å². The molecule has 3 aromatic rings. The van der Waals surface area contributed by atoms with Crippen molar-refractivity contribution in [1.29, 1.82) is 0 Å². The van der Waals surface area contributed by atoms with E-state index in [4.69, 9.17) is 4.74 Å². The first kappa shape index (κ1) is 20.2. The van der Waals surface area contributed by atoms with Gasteiger partial charge < -0.3 is 9.64 Å². The van der Waals surface area contributed by atoms with E-state index in [9.17, 15) is 9.18 Å². The van der Waals surface area contributed by atoms with E-state index in [1.165, 1.54) is 11.6 Å². The van der Waals surface area contributed by atoms with Crippen LogP contribution in [0.25, 0.3) is 0 Å². The van der Waals surface area contributed by atoms with Gasteiger partial charge in [-0.05, 0) is 58.9 Å². The van der Waals surface area contributed by atoms with Crippen molar-refractivity contribution in [2.45, 2.75) is 39.0 Å². The first-order valence-corrected chi connectivity index (χ1v) is 10.1. The minimum absolute atomic E-state index is 0.0447. The lowest BCUT2D eigenvalue weighted by Crippen LogP contribution is -2.36. The number of aryl methyl sites for hydroxylation is 1. The van der Waals surface area contributed by atoms with Crippen molar-refractivity contribution in [3.05, 3.63) is 94.8 Å². The first-order chi connectivity index (χ1) is 14.7. The Hall–Kier alpha value is -3.12. The monoisotopic (exact) mass is 405 g/mol. The minimum atomic E-state index is -0.255. The predicted molar refractivity (Wildman–Crippen MR) is 111 cm³/mol. The molecule has 0 unspecified atom stereocenters. The Kier molecular flexibility index (Phi) is 6.44. The van der Waals surface area contributed by atoms with Crippen molar-refractivity contribution in [3.63, 3.8) is 0 Å². The third-order valence-electron chi connectivity index (χ3n) is 5.42. The molecule has 1 aliphatic heterocycles. The molecule has 1 aliphatic rings. The van der Waals surface area contributed by atoms with Gasteiger partial charge in [-0.1, -0.05) is 18.2 Å². The SMILES string of the molecule is O=C(CCc1ccccc1F)N1CCc2c(COCc3ccncc3)cncc2C1. The highest BCUT2D eigenvalue weighted by atomic mass is 19.1. The number of amides is 1. The summed E-state index contributed by atoms with van der Waals surface area (Å²) in [5.41, 5.74) is 5.01. The summed E-state index contributed by atoms with van der Waals surface area (Å²) in [6.07, 6.45) is 8.68. The Bertz CT molecular complexity index is 1010. The molecule has 0 fully saturated rings. The van der Waals surface area contributed by atoms with Gasteiger partial charge in [-0.3, -0.25) is 14.8 Å². The molecule has 154 valence electrons. The lowest BCUT2D eigenvalue weighted by Gasteiger charge is -2.30. The highest BCUT2D eigenvalue weighted by Gasteiger charge is 2.23. The second-order valence-corrected chi connectivity index (χ2v) is 7.44. The van der Waals surface area contributed by atoms with E-state index in [1.807, 2.05) is 29.4 Å². The van der Waals surface area contributed by atoms with Crippen LogP contribution in [0.1, 0.15) is 34.2 Å². The third kappa shape index (κ3) is 4.89. The summed E-state index contributed by atoms with van der Waals surface area (Å²) in [6.45, 7) is 2.20. The average Bonchev–Trinajstić information content (AvgIpc) is 2.79. The van der Waals surface area contributed by atoms with Crippen LogP contribution in [0.3, 0.4) is 0 Å². The number of fused-ring (bicyclic) bond motifs is 1. The molecule has 1 aromatic carbocycles. The number of benzene rings is 1. The summed E-state index contributed by atoms with van der Waals surface area (Å²) in [7, 11) is 0. The number of carbonyl (C=O) groups excluding carboxylic acids is 1. The number of rotatable bonds is 7. The zero-order chi connectivity index (χ0) is 20.8. The zero-order valence-corrected chi connectivity index (χ0v) is 16.8. The van der Waals surface area contributed by atoms with Crippen LogP contribution >= 0.6 is 0 Å². The van der Waals surface area contributed by atoms with E-state index in [1.54, 1.807) is 30.6 Å². The number of carbonyl (C=O) groups is 1. The van der Waals surface area contributed by atoms with Crippen LogP contribution in [0.5, 0.6) is 0 Å². The van der Waals surface area contributed by atoms with Crippen LogP contribution in [0.2, 0.25) is 0 Å². The number of pyridine rings is 2. The summed E-state index contributed by atoms with van der Waals surface area (Å²) < 4.78 is 19.6. The van der Waals surface area contributed by atoms with Crippen LogP contribution in [0, 0.1) is 5.82 Å². The summed E-state index contributed by atoms with van der Waals surface area (Å²) in [5, 5.41) is 0. The van der Waals surface area contributed by atoms with Gasteiger partial charge in [0.15, 0.2) is 0 Å². The van der Waals surface area contributed by atoms with E-state index < -0.39 is 0 Å². The van der Waals surface area contributed by atoms with E-state index in [-0.39, 0.29) is 11.7 Å². The first-order valence-electron chi connectivity index (χ1n) is 10.1. The molecule has 4 rings (SSSR count). The zero-order valence-electron chi connectivity index (χ0n) is 16.8. The Balaban J connectivity index is 1.34. The maximum absolute atomic E-state index is 13.8. The highest BCUT2D eigenvalue weighted by molar-refractivity contribution is 5.76. The molecule has 0 saturated heterocycles. The Morgan fingerprint density at radius 2 is 1.87 bits per heavy atom. The second kappa shape index (κ2) is 9.59. The molecule has 0 bridgehead atoms. The summed E-state index contributed by atoms with van der Waals surface area (Å²) in [6, 6.07) is 10.5. The molecule has 3 heterocycles. The molecule has 6 heteroatoms. The predicted octanol–water partition coefficient (Wildman–Crippen LogP) is 3.85. The summed E-state index contributed by atoms with van der Waals surface area (Å²) in [4.78, 5) is 22.9. The average molecular weight is 405 g/mol. The molecule has 0 atom stereocenters. The summed E-state index contributed by atoms with van der Waals surface area (Å²) in [5.74, 6) is -0.210. The van der Waals surface area contributed by atoms with E-state index in [0.29, 0.717) is 44.7 Å². The van der Waals surface area contributed by atoms with Crippen LogP contribution in [-0.4, -0.2) is 27.3 Å². The summed E-state index contributed by atoms with van der Waals surface area (Å²) >= 11 is 0. The Labute approximate surface area is 175 Å². The van der Waals surface area contributed by atoms with Gasteiger partial charge in [-0.2, -0.15) is 0 Å². The van der Waals surface area contributed by atoms with Crippen molar-refractivity contribution < 1.29 is 13.9 Å². The number of nitrogens with zero attached hydrogens (tertiary/aromatic N) is 3. The van der Waals surface area contributed by atoms with Gasteiger partial charge in [0.2, 0.25) is 5.91 Å². The van der Waals surface area contributed by atoms with E-state index in [2.05, 4.69) is 9.97 Å². The number of hydrogen-bond acceptors (Lipinski definition) is 4. The standard InChI is InChI=1S/C24H24FN3O2/c25-23-4-2-1-3-19(23)5-6-24(29)28-12-9-22-20(15-28)13-27-14-21(22)17-30-16-18-7-10-26-11-8-18/h1-4,7-8,10-11,13-14H,5-6,9,12,15-17H2. The fourth-order valence-corrected chi connectivity index (χ4v) is 3.76. The van der Waals surface area contributed by atoms with Crippen molar-refractivity contribution in [2.24, 2.45) is 0 Å². The van der Waals surface area contributed by atoms with Gasteiger partial charge in [-0.25, -0.2) is 4.39 Å². The molecule has 0 spiro atoms. The maximum Gasteiger partial charge on any atom is 0.223 e. The van der Waals surface area contributed by atoms with E-state index in [0.717, 1.165) is 23.1 Å². The van der Waals surface area contributed by atoms with Crippen LogP contribution < -0.4 is 0 Å². The molecular weight excluding hydrogens is 381 g/mol. The smallest absolute Gasteiger partial charge is 0.223 e. The molecule has 30 heavy (non-hydrogen) atoms. The quantitative estimate of drug-likeness (QED) is 0.599. The molecule has 2 aromatic heterocycles. The van der Waals surface area contributed by atoms with Gasteiger partial charge in [0.05, 0.1) is 13.2 Å². The largest absolute Gasteiger partial charge is 0.372 e. The fraction of sp³-hybridized carbons (Fsp3) is 0.292. The lowest BCUT2D eigenvalue weighted by molar-refractivity contribution is -0.132. The number of hydrogen-bond donors (Lipinski definition) is 0. The van der Waals surface area contributed by atoms with Crippen molar-refractivity contribution in [1.82, 2.24) is 14.9 Å². The maximum atomic E-state index is 13.8. The molecule has 0 saturated carbocycles. The van der Waals surface area contributed by atoms with Gasteiger partial charge in [0, 0.05) is 44.3 Å². The van der Waals surface area contributed by atoms with Gasteiger partial charge in [0.25, 0.3) is 0 Å².